The highest BCUT2D eigenvalue weighted by Gasteiger charge is 2.02. The van der Waals surface area contributed by atoms with Crippen LogP contribution in [-0.4, -0.2) is 6.61 Å². The molecule has 0 aliphatic heterocycles. The van der Waals surface area contributed by atoms with Gasteiger partial charge in [-0.1, -0.05) is 38.5 Å². The van der Waals surface area contributed by atoms with E-state index in [1.807, 2.05) is 18.2 Å². The predicted octanol–water partition coefficient (Wildman–Crippen LogP) is 3.81. The summed E-state index contributed by atoms with van der Waals surface area (Å²) in [5.41, 5.74) is 1.22. The Morgan fingerprint density at radius 1 is 1.29 bits per heavy atom. The standard InChI is InChI=1S/C13H20O/c1-4-7-11(2)10-14-13-9-6-5-8-12(13)3/h5-6,8-9,11H,4,7,10H2,1-3H3. The molecular weight excluding hydrogens is 172 g/mol. The minimum atomic E-state index is 0.652. The van der Waals surface area contributed by atoms with Gasteiger partial charge in [0.15, 0.2) is 0 Å². The molecule has 0 heterocycles. The van der Waals surface area contributed by atoms with E-state index in [0.717, 1.165) is 12.4 Å². The van der Waals surface area contributed by atoms with Gasteiger partial charge in [-0.2, -0.15) is 0 Å². The van der Waals surface area contributed by atoms with Crippen LogP contribution in [0.15, 0.2) is 24.3 Å². The zero-order valence-corrected chi connectivity index (χ0v) is 9.42. The number of rotatable bonds is 5. The number of hydrogen-bond acceptors (Lipinski definition) is 1. The van der Waals surface area contributed by atoms with E-state index in [4.69, 9.17) is 4.74 Å². The average molecular weight is 192 g/mol. The van der Waals surface area contributed by atoms with Gasteiger partial charge in [-0.25, -0.2) is 0 Å². The van der Waals surface area contributed by atoms with Gasteiger partial charge in [0.25, 0.3) is 0 Å². The molecule has 1 atom stereocenters. The summed E-state index contributed by atoms with van der Waals surface area (Å²) < 4.78 is 5.75. The van der Waals surface area contributed by atoms with Crippen LogP contribution in [0.3, 0.4) is 0 Å². The Labute approximate surface area is 87.1 Å². The van der Waals surface area contributed by atoms with E-state index in [1.165, 1.54) is 18.4 Å². The number of benzene rings is 1. The first-order valence-electron chi connectivity index (χ1n) is 5.42. The maximum atomic E-state index is 5.75. The number of hydrogen-bond donors (Lipinski definition) is 0. The van der Waals surface area contributed by atoms with Crippen LogP contribution in [0.2, 0.25) is 0 Å². The lowest BCUT2D eigenvalue weighted by atomic mass is 10.1. The predicted molar refractivity (Wildman–Crippen MR) is 60.7 cm³/mol. The summed E-state index contributed by atoms with van der Waals surface area (Å²) in [7, 11) is 0. The summed E-state index contributed by atoms with van der Waals surface area (Å²) in [6.07, 6.45) is 2.48. The van der Waals surface area contributed by atoms with Crippen LogP contribution < -0.4 is 4.74 Å². The Hall–Kier alpha value is -0.980. The molecule has 0 N–H and O–H groups in total. The number of ether oxygens (including phenoxy) is 1. The SMILES string of the molecule is CCCC(C)COc1ccccc1C. The highest BCUT2D eigenvalue weighted by Crippen LogP contribution is 2.17. The van der Waals surface area contributed by atoms with Crippen LogP contribution in [0.25, 0.3) is 0 Å². The molecule has 14 heavy (non-hydrogen) atoms. The quantitative estimate of drug-likeness (QED) is 0.689. The van der Waals surface area contributed by atoms with E-state index in [2.05, 4.69) is 26.8 Å². The van der Waals surface area contributed by atoms with Crippen LogP contribution in [0.4, 0.5) is 0 Å². The zero-order valence-electron chi connectivity index (χ0n) is 9.42. The van der Waals surface area contributed by atoms with E-state index in [0.29, 0.717) is 5.92 Å². The fourth-order valence-electron chi connectivity index (χ4n) is 1.53. The van der Waals surface area contributed by atoms with Crippen molar-refractivity contribution in [3.05, 3.63) is 29.8 Å². The molecule has 1 heteroatoms. The molecule has 1 aromatic carbocycles. The topological polar surface area (TPSA) is 9.23 Å². The van der Waals surface area contributed by atoms with Crippen molar-refractivity contribution in [2.75, 3.05) is 6.61 Å². The average Bonchev–Trinajstić information content (AvgIpc) is 2.17. The molecule has 0 aliphatic carbocycles. The normalized spacial score (nSPS) is 12.5. The molecule has 0 fully saturated rings. The molecule has 0 aliphatic rings. The summed E-state index contributed by atoms with van der Waals surface area (Å²) >= 11 is 0. The second-order valence-corrected chi connectivity index (χ2v) is 3.97. The van der Waals surface area contributed by atoms with Crippen LogP contribution in [0.5, 0.6) is 5.75 Å². The molecule has 1 nitrogen and oxygen atoms in total. The fraction of sp³-hybridized carbons (Fsp3) is 0.538. The molecule has 0 saturated heterocycles. The van der Waals surface area contributed by atoms with Crippen molar-refractivity contribution in [2.45, 2.75) is 33.6 Å². The maximum Gasteiger partial charge on any atom is 0.122 e. The summed E-state index contributed by atoms with van der Waals surface area (Å²) in [4.78, 5) is 0. The highest BCUT2D eigenvalue weighted by atomic mass is 16.5. The second-order valence-electron chi connectivity index (χ2n) is 3.97. The molecule has 0 spiro atoms. The fourth-order valence-corrected chi connectivity index (χ4v) is 1.53. The van der Waals surface area contributed by atoms with Crippen molar-refractivity contribution in [3.63, 3.8) is 0 Å². The van der Waals surface area contributed by atoms with Gasteiger partial charge in [0, 0.05) is 0 Å². The molecular formula is C13H20O. The first-order chi connectivity index (χ1) is 6.74. The van der Waals surface area contributed by atoms with Crippen LogP contribution in [0, 0.1) is 12.8 Å². The highest BCUT2D eigenvalue weighted by molar-refractivity contribution is 5.31. The van der Waals surface area contributed by atoms with Gasteiger partial charge in [0.2, 0.25) is 0 Å². The van der Waals surface area contributed by atoms with E-state index >= 15 is 0 Å². The molecule has 0 bridgehead atoms. The smallest absolute Gasteiger partial charge is 0.122 e. The number of para-hydroxylation sites is 1. The van der Waals surface area contributed by atoms with Crippen molar-refractivity contribution in [2.24, 2.45) is 5.92 Å². The largest absolute Gasteiger partial charge is 0.493 e. The van der Waals surface area contributed by atoms with Crippen LogP contribution >= 0.6 is 0 Å². The number of aryl methyl sites for hydroxylation is 1. The third kappa shape index (κ3) is 3.41. The van der Waals surface area contributed by atoms with Gasteiger partial charge in [0.1, 0.15) is 5.75 Å². The minimum Gasteiger partial charge on any atom is -0.493 e. The summed E-state index contributed by atoms with van der Waals surface area (Å²) in [6, 6.07) is 8.18. The van der Waals surface area contributed by atoms with Gasteiger partial charge in [0.05, 0.1) is 6.61 Å². The molecule has 78 valence electrons. The van der Waals surface area contributed by atoms with E-state index in [9.17, 15) is 0 Å². The second kappa shape index (κ2) is 5.69. The van der Waals surface area contributed by atoms with Crippen molar-refractivity contribution in [3.8, 4) is 5.75 Å². The third-order valence-electron chi connectivity index (χ3n) is 2.40. The minimum absolute atomic E-state index is 0.652. The molecule has 0 radical (unpaired) electrons. The Kier molecular flexibility index (Phi) is 4.51. The summed E-state index contributed by atoms with van der Waals surface area (Å²) in [6.45, 7) is 7.37. The third-order valence-corrected chi connectivity index (χ3v) is 2.40. The lowest BCUT2D eigenvalue weighted by Crippen LogP contribution is -2.08. The summed E-state index contributed by atoms with van der Waals surface area (Å²) in [5, 5.41) is 0. The van der Waals surface area contributed by atoms with E-state index < -0.39 is 0 Å². The molecule has 0 saturated carbocycles. The first-order valence-corrected chi connectivity index (χ1v) is 5.42. The van der Waals surface area contributed by atoms with Crippen LogP contribution in [0.1, 0.15) is 32.3 Å². The van der Waals surface area contributed by atoms with E-state index in [1.54, 1.807) is 0 Å². The Morgan fingerprint density at radius 2 is 2.00 bits per heavy atom. The maximum absolute atomic E-state index is 5.75. The van der Waals surface area contributed by atoms with E-state index in [-0.39, 0.29) is 0 Å². The molecule has 1 unspecified atom stereocenters. The Bertz CT molecular complexity index is 268. The van der Waals surface area contributed by atoms with Gasteiger partial charge < -0.3 is 4.74 Å². The molecule has 0 aromatic heterocycles. The molecule has 0 amide bonds. The Morgan fingerprint density at radius 3 is 2.64 bits per heavy atom. The van der Waals surface area contributed by atoms with Crippen molar-refractivity contribution in [1.82, 2.24) is 0 Å². The zero-order chi connectivity index (χ0) is 10.4. The van der Waals surface area contributed by atoms with Crippen molar-refractivity contribution < 1.29 is 4.74 Å². The van der Waals surface area contributed by atoms with Crippen LogP contribution in [-0.2, 0) is 0 Å². The van der Waals surface area contributed by atoms with Gasteiger partial charge in [-0.3, -0.25) is 0 Å². The lowest BCUT2D eigenvalue weighted by Gasteiger charge is -2.13. The monoisotopic (exact) mass is 192 g/mol. The molecule has 1 rings (SSSR count). The van der Waals surface area contributed by atoms with Crippen molar-refractivity contribution >= 4 is 0 Å². The first kappa shape index (κ1) is 11.1. The lowest BCUT2D eigenvalue weighted by molar-refractivity contribution is 0.250. The van der Waals surface area contributed by atoms with Gasteiger partial charge in [-0.05, 0) is 30.9 Å². The summed E-state index contributed by atoms with van der Waals surface area (Å²) in [5.74, 6) is 1.68. The Balaban J connectivity index is 2.41. The van der Waals surface area contributed by atoms with Gasteiger partial charge >= 0.3 is 0 Å². The molecule has 1 aromatic rings. The van der Waals surface area contributed by atoms with Crippen molar-refractivity contribution in [1.29, 1.82) is 0 Å². The van der Waals surface area contributed by atoms with Gasteiger partial charge in [-0.15, -0.1) is 0 Å².